The van der Waals surface area contributed by atoms with Crippen LogP contribution in [0.5, 0.6) is 0 Å². The van der Waals surface area contributed by atoms with Crippen LogP contribution in [0.1, 0.15) is 26.2 Å². The van der Waals surface area contributed by atoms with Gasteiger partial charge in [-0.15, -0.1) is 0 Å². The summed E-state index contributed by atoms with van der Waals surface area (Å²) in [5.41, 5.74) is 0. The lowest BCUT2D eigenvalue weighted by molar-refractivity contribution is 0.0367. The van der Waals surface area contributed by atoms with Crippen molar-refractivity contribution in [2.75, 3.05) is 52.5 Å². The van der Waals surface area contributed by atoms with Crippen molar-refractivity contribution in [3.63, 3.8) is 0 Å². The highest BCUT2D eigenvalue weighted by atomic mass is 16.5. The number of aliphatic hydroxyl groups excluding tert-OH is 1. The van der Waals surface area contributed by atoms with Crippen molar-refractivity contribution >= 4 is 5.96 Å². The first kappa shape index (κ1) is 17.7. The van der Waals surface area contributed by atoms with E-state index in [-0.39, 0.29) is 0 Å². The first-order valence-electron chi connectivity index (χ1n) is 9.44. The third-order valence-electron chi connectivity index (χ3n) is 4.97. The smallest absolute Gasteiger partial charge is 0.194 e. The second-order valence-corrected chi connectivity index (χ2v) is 7.14. The van der Waals surface area contributed by atoms with Crippen molar-refractivity contribution in [2.45, 2.75) is 38.3 Å². The Morgan fingerprint density at radius 3 is 2.83 bits per heavy atom. The molecule has 0 bridgehead atoms. The molecule has 24 heavy (non-hydrogen) atoms. The van der Waals surface area contributed by atoms with Gasteiger partial charge >= 0.3 is 0 Å². The molecule has 2 N–H and O–H groups in total. The van der Waals surface area contributed by atoms with Crippen LogP contribution in [0.3, 0.4) is 0 Å². The van der Waals surface area contributed by atoms with Crippen LogP contribution in [0, 0.1) is 5.92 Å². The number of aliphatic hydroxyl groups is 1. The predicted molar refractivity (Wildman–Crippen MR) is 96.2 cm³/mol. The molecular formula is C18H32N4O2. The fraction of sp³-hybridized carbons (Fsp3) is 0.833. The third kappa shape index (κ3) is 5.19. The molecule has 1 aliphatic carbocycles. The van der Waals surface area contributed by atoms with Crippen LogP contribution in [0.4, 0.5) is 0 Å². The predicted octanol–water partition coefficient (Wildman–Crippen LogP) is 0.686. The number of guanidine groups is 1. The Kier molecular flexibility index (Phi) is 6.51. The second kappa shape index (κ2) is 8.83. The first-order valence-corrected chi connectivity index (χ1v) is 9.44. The van der Waals surface area contributed by atoms with Crippen LogP contribution < -0.4 is 5.32 Å². The molecule has 3 rings (SSSR count). The maximum atomic E-state index is 10.1. The van der Waals surface area contributed by atoms with Crippen LogP contribution in [-0.2, 0) is 4.74 Å². The Hall–Kier alpha value is -1.11. The highest BCUT2D eigenvalue weighted by Gasteiger charge is 2.29. The minimum absolute atomic E-state index is 0.390. The molecule has 2 atom stereocenters. The molecule has 2 fully saturated rings. The van der Waals surface area contributed by atoms with E-state index >= 15 is 0 Å². The summed E-state index contributed by atoms with van der Waals surface area (Å²) in [6.45, 7) is 8.71. The van der Waals surface area contributed by atoms with Crippen molar-refractivity contribution in [3.05, 3.63) is 12.2 Å². The number of likely N-dealkylation sites (tertiary alicyclic amines) is 1. The van der Waals surface area contributed by atoms with Gasteiger partial charge in [-0.25, -0.2) is 0 Å². The van der Waals surface area contributed by atoms with E-state index in [1.165, 1.54) is 19.3 Å². The normalized spacial score (nSPS) is 26.3. The molecule has 2 heterocycles. The summed E-state index contributed by atoms with van der Waals surface area (Å²) < 4.78 is 5.55. The van der Waals surface area contributed by atoms with E-state index in [0.29, 0.717) is 19.2 Å². The molecule has 0 radical (unpaired) electrons. The zero-order chi connectivity index (χ0) is 16.8. The second-order valence-electron chi connectivity index (χ2n) is 7.14. The van der Waals surface area contributed by atoms with Crippen LogP contribution in [0.15, 0.2) is 17.1 Å². The summed E-state index contributed by atoms with van der Waals surface area (Å²) in [6.07, 6.45) is 7.72. The molecule has 2 aliphatic heterocycles. The van der Waals surface area contributed by atoms with Gasteiger partial charge in [0.05, 0.1) is 19.3 Å². The van der Waals surface area contributed by atoms with Crippen LogP contribution in [0.25, 0.3) is 0 Å². The van der Waals surface area contributed by atoms with Gasteiger partial charge in [0, 0.05) is 45.4 Å². The Balaban J connectivity index is 1.44. The number of nitrogens with one attached hydrogen (secondary N) is 1. The number of ether oxygens (including phenoxy) is 1. The number of aliphatic imine (C=N–C) groups is 1. The fourth-order valence-electron chi connectivity index (χ4n) is 3.35. The molecule has 6 nitrogen and oxygen atoms in total. The summed E-state index contributed by atoms with van der Waals surface area (Å²) in [7, 11) is 0. The molecule has 3 aliphatic rings. The van der Waals surface area contributed by atoms with Crippen molar-refractivity contribution in [1.29, 1.82) is 0 Å². The summed E-state index contributed by atoms with van der Waals surface area (Å²) in [6, 6.07) is 0.607. The van der Waals surface area contributed by atoms with E-state index in [4.69, 9.17) is 4.74 Å². The molecule has 6 heteroatoms. The Morgan fingerprint density at radius 2 is 2.12 bits per heavy atom. The van der Waals surface area contributed by atoms with Gasteiger partial charge in [-0.3, -0.25) is 9.89 Å². The third-order valence-corrected chi connectivity index (χ3v) is 4.97. The maximum Gasteiger partial charge on any atom is 0.194 e. The average molecular weight is 336 g/mol. The lowest BCUT2D eigenvalue weighted by atomic mass is 10.2. The summed E-state index contributed by atoms with van der Waals surface area (Å²) in [4.78, 5) is 9.48. The molecule has 0 aromatic rings. The highest BCUT2D eigenvalue weighted by molar-refractivity contribution is 5.80. The zero-order valence-corrected chi connectivity index (χ0v) is 14.9. The molecule has 0 spiro atoms. The van der Waals surface area contributed by atoms with Gasteiger partial charge < -0.3 is 20.1 Å². The lowest BCUT2D eigenvalue weighted by Gasteiger charge is -2.25. The largest absolute Gasteiger partial charge is 0.389 e. The lowest BCUT2D eigenvalue weighted by Crippen LogP contribution is -2.43. The molecule has 2 unspecified atom stereocenters. The fourth-order valence-corrected chi connectivity index (χ4v) is 3.35. The molecule has 136 valence electrons. The van der Waals surface area contributed by atoms with Gasteiger partial charge in [-0.2, -0.15) is 0 Å². The SMILES string of the molecule is CCNC(=NCC(O)COCC1CC1)N1CCC(N2CC=CC2)C1. The molecule has 0 amide bonds. The molecule has 1 saturated heterocycles. The van der Waals surface area contributed by atoms with Gasteiger partial charge in [0.15, 0.2) is 5.96 Å². The monoisotopic (exact) mass is 336 g/mol. The van der Waals surface area contributed by atoms with Crippen molar-refractivity contribution in [2.24, 2.45) is 10.9 Å². The minimum atomic E-state index is -0.515. The zero-order valence-electron chi connectivity index (χ0n) is 14.9. The molecular weight excluding hydrogens is 304 g/mol. The van der Waals surface area contributed by atoms with Crippen molar-refractivity contribution in [1.82, 2.24) is 15.1 Å². The van der Waals surface area contributed by atoms with Crippen molar-refractivity contribution < 1.29 is 9.84 Å². The van der Waals surface area contributed by atoms with E-state index in [9.17, 15) is 5.11 Å². The number of hydrogen-bond donors (Lipinski definition) is 2. The van der Waals surface area contributed by atoms with E-state index < -0.39 is 6.10 Å². The highest BCUT2D eigenvalue weighted by Crippen LogP contribution is 2.28. The van der Waals surface area contributed by atoms with Gasteiger partial charge in [0.2, 0.25) is 0 Å². The van der Waals surface area contributed by atoms with Gasteiger partial charge in [0.25, 0.3) is 0 Å². The van der Waals surface area contributed by atoms with E-state index in [0.717, 1.165) is 51.2 Å². The van der Waals surface area contributed by atoms with Crippen LogP contribution >= 0.6 is 0 Å². The van der Waals surface area contributed by atoms with Gasteiger partial charge in [-0.1, -0.05) is 12.2 Å². The summed E-state index contributed by atoms with van der Waals surface area (Å²) >= 11 is 0. The van der Waals surface area contributed by atoms with Crippen LogP contribution in [0.2, 0.25) is 0 Å². The maximum absolute atomic E-state index is 10.1. The quantitative estimate of drug-likeness (QED) is 0.388. The Labute approximate surface area is 145 Å². The van der Waals surface area contributed by atoms with E-state index in [2.05, 4.69) is 39.2 Å². The topological polar surface area (TPSA) is 60.3 Å². The van der Waals surface area contributed by atoms with Crippen LogP contribution in [-0.4, -0.2) is 85.5 Å². The minimum Gasteiger partial charge on any atom is -0.389 e. The van der Waals surface area contributed by atoms with Gasteiger partial charge in [-0.05, 0) is 32.1 Å². The molecule has 0 aromatic heterocycles. The Morgan fingerprint density at radius 1 is 1.33 bits per heavy atom. The first-order chi connectivity index (χ1) is 11.8. The number of rotatable bonds is 8. The molecule has 0 aromatic carbocycles. The Bertz CT molecular complexity index is 442. The average Bonchev–Trinajstić information content (AvgIpc) is 3.05. The van der Waals surface area contributed by atoms with E-state index in [1.807, 2.05) is 0 Å². The van der Waals surface area contributed by atoms with Crippen molar-refractivity contribution in [3.8, 4) is 0 Å². The van der Waals surface area contributed by atoms with E-state index in [1.54, 1.807) is 0 Å². The summed E-state index contributed by atoms with van der Waals surface area (Å²) in [5, 5.41) is 13.4. The number of nitrogens with zero attached hydrogens (tertiary/aromatic N) is 3. The summed E-state index contributed by atoms with van der Waals surface area (Å²) in [5.74, 6) is 1.66. The molecule has 1 saturated carbocycles. The number of hydrogen-bond acceptors (Lipinski definition) is 4. The standard InChI is InChI=1S/C18H32N4O2/c1-2-19-18(20-11-17(23)14-24-13-15-5-6-15)22-10-7-16(12-22)21-8-3-4-9-21/h3-4,15-17,23H,2,5-14H2,1H3,(H,19,20). The van der Waals surface area contributed by atoms with Gasteiger partial charge in [0.1, 0.15) is 0 Å².